The summed E-state index contributed by atoms with van der Waals surface area (Å²) in [7, 11) is 0. The van der Waals surface area contributed by atoms with Crippen molar-refractivity contribution in [3.05, 3.63) is 0 Å². The maximum Gasteiger partial charge on any atom is 0.228 e. The van der Waals surface area contributed by atoms with Gasteiger partial charge in [0.1, 0.15) is 0 Å². The lowest BCUT2D eigenvalue weighted by molar-refractivity contribution is -0.142. The first-order chi connectivity index (χ1) is 7.33. The number of hydrogen-bond donors (Lipinski definition) is 1. The minimum Gasteiger partial charge on any atom is -0.342 e. The van der Waals surface area contributed by atoms with Crippen LogP contribution in [0.25, 0.3) is 0 Å². The van der Waals surface area contributed by atoms with E-state index in [1.54, 1.807) is 0 Å². The van der Waals surface area contributed by atoms with Crippen molar-refractivity contribution < 1.29 is 4.79 Å². The van der Waals surface area contributed by atoms with Gasteiger partial charge in [-0.15, -0.1) is 12.4 Å². The molecule has 1 amide bonds. The number of halogens is 1. The summed E-state index contributed by atoms with van der Waals surface area (Å²) in [5.74, 6) is 0.860. The summed E-state index contributed by atoms with van der Waals surface area (Å²) < 4.78 is 0. The number of nitrogens with zero attached hydrogens (tertiary/aromatic N) is 1. The lowest BCUT2D eigenvalue weighted by Crippen LogP contribution is -2.48. The van der Waals surface area contributed by atoms with Crippen LogP contribution in [0.15, 0.2) is 0 Å². The number of likely N-dealkylation sites (tertiary alicyclic amines) is 1. The molecule has 1 aliphatic rings. The highest BCUT2D eigenvalue weighted by molar-refractivity contribution is 5.85. The molecule has 17 heavy (non-hydrogen) atoms. The number of rotatable bonds is 3. The van der Waals surface area contributed by atoms with Crippen molar-refractivity contribution in [1.82, 2.24) is 4.90 Å². The predicted molar refractivity (Wildman–Crippen MR) is 74.3 cm³/mol. The van der Waals surface area contributed by atoms with Crippen LogP contribution >= 0.6 is 12.4 Å². The summed E-state index contributed by atoms with van der Waals surface area (Å²) in [6, 6.07) is 0.289. The lowest BCUT2D eigenvalue weighted by Gasteiger charge is -2.36. The summed E-state index contributed by atoms with van der Waals surface area (Å²) in [5.41, 5.74) is 5.62. The molecule has 102 valence electrons. The van der Waals surface area contributed by atoms with Crippen molar-refractivity contribution in [3.63, 3.8) is 0 Å². The normalized spacial score (nSPS) is 18.1. The second kappa shape index (κ2) is 6.60. The van der Waals surface area contributed by atoms with Gasteiger partial charge in [-0.3, -0.25) is 4.79 Å². The van der Waals surface area contributed by atoms with Crippen LogP contribution in [0.4, 0.5) is 0 Å². The molecule has 0 aromatic heterocycles. The minimum atomic E-state index is -0.227. The maximum atomic E-state index is 12.3. The molecule has 1 saturated heterocycles. The van der Waals surface area contributed by atoms with E-state index in [2.05, 4.69) is 27.7 Å². The van der Waals surface area contributed by atoms with Crippen LogP contribution in [-0.2, 0) is 4.79 Å². The second-order valence-corrected chi connectivity index (χ2v) is 6.11. The van der Waals surface area contributed by atoms with Gasteiger partial charge in [-0.2, -0.15) is 0 Å². The van der Waals surface area contributed by atoms with Crippen molar-refractivity contribution >= 4 is 18.3 Å². The van der Waals surface area contributed by atoms with Crippen molar-refractivity contribution in [2.24, 2.45) is 17.1 Å². The van der Waals surface area contributed by atoms with Gasteiger partial charge in [0.25, 0.3) is 0 Å². The smallest absolute Gasteiger partial charge is 0.228 e. The Labute approximate surface area is 112 Å². The molecule has 1 heterocycles. The topological polar surface area (TPSA) is 46.3 Å². The summed E-state index contributed by atoms with van der Waals surface area (Å²) >= 11 is 0. The number of amides is 1. The van der Waals surface area contributed by atoms with Crippen molar-refractivity contribution in [2.75, 3.05) is 13.1 Å². The number of carbonyl (C=O) groups excluding carboxylic acids is 1. The van der Waals surface area contributed by atoms with Crippen LogP contribution in [0.5, 0.6) is 0 Å². The summed E-state index contributed by atoms with van der Waals surface area (Å²) in [4.78, 5) is 14.3. The first kappa shape index (κ1) is 16.7. The van der Waals surface area contributed by atoms with Crippen molar-refractivity contribution in [2.45, 2.75) is 53.0 Å². The SMILES string of the molecule is CC(C)CC(C)(C)C(=O)N1CCC(N)CC1.Cl. The van der Waals surface area contributed by atoms with Gasteiger partial charge in [-0.1, -0.05) is 27.7 Å². The molecule has 0 unspecified atom stereocenters. The molecule has 4 heteroatoms. The Morgan fingerprint density at radius 2 is 1.82 bits per heavy atom. The first-order valence-electron chi connectivity index (χ1n) is 6.38. The third kappa shape index (κ3) is 4.84. The minimum absolute atomic E-state index is 0. The Balaban J connectivity index is 0.00000256. The third-order valence-electron chi connectivity index (χ3n) is 3.32. The maximum absolute atomic E-state index is 12.3. The first-order valence-corrected chi connectivity index (χ1v) is 6.38. The van der Waals surface area contributed by atoms with E-state index in [1.165, 1.54) is 0 Å². The van der Waals surface area contributed by atoms with Crippen LogP contribution in [0.1, 0.15) is 47.0 Å². The standard InChI is InChI=1S/C13H26N2O.ClH/c1-10(2)9-13(3,4)12(16)15-7-5-11(14)6-8-15;/h10-11H,5-9,14H2,1-4H3;1H. The van der Waals surface area contributed by atoms with Crippen LogP contribution in [0.2, 0.25) is 0 Å². The molecular weight excluding hydrogens is 236 g/mol. The van der Waals surface area contributed by atoms with Crippen LogP contribution in [0, 0.1) is 11.3 Å². The molecule has 3 nitrogen and oxygen atoms in total. The molecule has 1 aliphatic heterocycles. The summed E-state index contributed by atoms with van der Waals surface area (Å²) in [6.45, 7) is 10.1. The molecular formula is C13H27ClN2O. The van der Waals surface area contributed by atoms with Gasteiger partial charge in [0.05, 0.1) is 0 Å². The Bertz CT molecular complexity index is 246. The van der Waals surface area contributed by atoms with Gasteiger partial charge >= 0.3 is 0 Å². The molecule has 0 aliphatic carbocycles. The molecule has 1 rings (SSSR count). The fraction of sp³-hybridized carbons (Fsp3) is 0.923. The van der Waals surface area contributed by atoms with E-state index in [0.717, 1.165) is 32.4 Å². The van der Waals surface area contributed by atoms with E-state index in [9.17, 15) is 4.79 Å². The molecule has 1 fully saturated rings. The van der Waals surface area contributed by atoms with Crippen LogP contribution in [0.3, 0.4) is 0 Å². The van der Waals surface area contributed by atoms with E-state index in [-0.39, 0.29) is 23.9 Å². The molecule has 0 atom stereocenters. The number of carbonyl (C=O) groups is 1. The number of hydrogen-bond acceptors (Lipinski definition) is 2. The third-order valence-corrected chi connectivity index (χ3v) is 3.32. The van der Waals surface area contributed by atoms with Gasteiger partial charge < -0.3 is 10.6 Å². The zero-order valence-corrected chi connectivity index (χ0v) is 12.3. The van der Waals surface area contributed by atoms with Crippen LogP contribution in [-0.4, -0.2) is 29.9 Å². The van der Waals surface area contributed by atoms with Gasteiger partial charge in [-0.05, 0) is 25.2 Å². The average molecular weight is 263 g/mol. The summed E-state index contributed by atoms with van der Waals surface area (Å²) in [5, 5.41) is 0. The molecule has 0 aromatic carbocycles. The molecule has 2 N–H and O–H groups in total. The molecule has 0 spiro atoms. The quantitative estimate of drug-likeness (QED) is 0.849. The van der Waals surface area contributed by atoms with Gasteiger partial charge in [0.15, 0.2) is 0 Å². The van der Waals surface area contributed by atoms with Crippen molar-refractivity contribution in [3.8, 4) is 0 Å². The summed E-state index contributed by atoms with van der Waals surface area (Å²) in [6.07, 6.45) is 2.85. The van der Waals surface area contributed by atoms with Gasteiger partial charge in [-0.25, -0.2) is 0 Å². The number of piperidine rings is 1. The van der Waals surface area contributed by atoms with Crippen molar-refractivity contribution in [1.29, 1.82) is 0 Å². The monoisotopic (exact) mass is 262 g/mol. The largest absolute Gasteiger partial charge is 0.342 e. The van der Waals surface area contributed by atoms with E-state index in [0.29, 0.717) is 11.8 Å². The van der Waals surface area contributed by atoms with E-state index < -0.39 is 0 Å². The van der Waals surface area contributed by atoms with Crippen LogP contribution < -0.4 is 5.73 Å². The fourth-order valence-electron chi connectivity index (χ4n) is 2.64. The zero-order valence-electron chi connectivity index (χ0n) is 11.5. The lowest BCUT2D eigenvalue weighted by atomic mass is 9.82. The van der Waals surface area contributed by atoms with E-state index in [4.69, 9.17) is 5.73 Å². The van der Waals surface area contributed by atoms with Gasteiger partial charge in [0, 0.05) is 24.5 Å². The molecule has 0 saturated carbocycles. The Hall–Kier alpha value is -0.280. The average Bonchev–Trinajstić information content (AvgIpc) is 2.16. The zero-order chi connectivity index (χ0) is 12.3. The van der Waals surface area contributed by atoms with E-state index in [1.807, 2.05) is 4.90 Å². The highest BCUT2D eigenvalue weighted by Gasteiger charge is 2.33. The highest BCUT2D eigenvalue weighted by Crippen LogP contribution is 2.28. The van der Waals surface area contributed by atoms with E-state index >= 15 is 0 Å². The predicted octanol–water partition coefficient (Wildman–Crippen LogP) is 2.43. The Morgan fingerprint density at radius 3 is 2.24 bits per heavy atom. The highest BCUT2D eigenvalue weighted by atomic mass is 35.5. The molecule has 0 aromatic rings. The fourth-order valence-corrected chi connectivity index (χ4v) is 2.64. The van der Waals surface area contributed by atoms with Gasteiger partial charge in [0.2, 0.25) is 5.91 Å². The molecule has 0 radical (unpaired) electrons. The molecule has 0 bridgehead atoms. The second-order valence-electron chi connectivity index (χ2n) is 6.11. The number of nitrogens with two attached hydrogens (primary N) is 1. The Kier molecular flexibility index (Phi) is 6.49. The Morgan fingerprint density at radius 1 is 1.35 bits per heavy atom.